The van der Waals surface area contributed by atoms with Crippen molar-refractivity contribution in [1.82, 2.24) is 5.32 Å². The molecule has 0 unspecified atom stereocenters. The summed E-state index contributed by atoms with van der Waals surface area (Å²) >= 11 is 5.78. The van der Waals surface area contributed by atoms with E-state index >= 15 is 0 Å². The highest BCUT2D eigenvalue weighted by atomic mass is 35.5. The van der Waals surface area contributed by atoms with Crippen LogP contribution in [0.25, 0.3) is 0 Å². The molecule has 2 amide bonds. The van der Waals surface area contributed by atoms with E-state index in [0.29, 0.717) is 22.2 Å². The Hall–Kier alpha value is -2.73. The van der Waals surface area contributed by atoms with Gasteiger partial charge in [-0.3, -0.25) is 9.59 Å². The number of amides is 2. The fraction of sp³-hybridized carbons (Fsp3) is 0.222. The van der Waals surface area contributed by atoms with E-state index in [-0.39, 0.29) is 24.8 Å². The highest BCUT2D eigenvalue weighted by molar-refractivity contribution is 6.30. The van der Waals surface area contributed by atoms with Crippen molar-refractivity contribution in [2.45, 2.75) is 6.42 Å². The smallest absolute Gasteiger partial charge is 0.243 e. The van der Waals surface area contributed by atoms with Crippen molar-refractivity contribution >= 4 is 29.1 Å². The lowest BCUT2D eigenvalue weighted by Gasteiger charge is -2.10. The third kappa shape index (κ3) is 5.69. The van der Waals surface area contributed by atoms with Crippen LogP contribution < -0.4 is 20.1 Å². The summed E-state index contributed by atoms with van der Waals surface area (Å²) in [6.45, 7) is -0.116. The third-order valence-corrected chi connectivity index (χ3v) is 3.64. The molecule has 25 heavy (non-hydrogen) atoms. The first-order chi connectivity index (χ1) is 12.0. The molecule has 2 aromatic rings. The molecule has 2 N–H and O–H groups in total. The van der Waals surface area contributed by atoms with E-state index in [9.17, 15) is 9.59 Å². The van der Waals surface area contributed by atoms with Gasteiger partial charge in [-0.15, -0.1) is 0 Å². The van der Waals surface area contributed by atoms with Crippen molar-refractivity contribution in [1.29, 1.82) is 0 Å². The zero-order valence-corrected chi connectivity index (χ0v) is 14.7. The quantitative estimate of drug-likeness (QED) is 0.794. The van der Waals surface area contributed by atoms with E-state index in [2.05, 4.69) is 10.6 Å². The Bertz CT molecular complexity index is 747. The average molecular weight is 363 g/mol. The fourth-order valence-electron chi connectivity index (χ4n) is 2.16. The van der Waals surface area contributed by atoms with E-state index in [0.717, 1.165) is 5.56 Å². The monoisotopic (exact) mass is 362 g/mol. The molecule has 0 spiro atoms. The van der Waals surface area contributed by atoms with Crippen LogP contribution in [0.3, 0.4) is 0 Å². The van der Waals surface area contributed by atoms with Crippen LogP contribution in [0.1, 0.15) is 5.56 Å². The van der Waals surface area contributed by atoms with Gasteiger partial charge in [0.2, 0.25) is 11.8 Å². The van der Waals surface area contributed by atoms with Crippen LogP contribution in [-0.4, -0.2) is 32.6 Å². The minimum atomic E-state index is -0.317. The lowest BCUT2D eigenvalue weighted by Crippen LogP contribution is -2.33. The molecule has 0 atom stereocenters. The number of carbonyl (C=O) groups excluding carboxylic acids is 2. The molecule has 0 saturated carbocycles. The normalized spacial score (nSPS) is 10.0. The Kier molecular flexibility index (Phi) is 6.65. The summed E-state index contributed by atoms with van der Waals surface area (Å²) in [5.74, 6) is 0.559. The largest absolute Gasteiger partial charge is 0.493 e. The molecule has 6 nitrogen and oxygen atoms in total. The molecular formula is C18H19ClN2O4. The summed E-state index contributed by atoms with van der Waals surface area (Å²) in [4.78, 5) is 23.8. The Morgan fingerprint density at radius 3 is 2.28 bits per heavy atom. The second-order valence-electron chi connectivity index (χ2n) is 5.20. The second-order valence-corrected chi connectivity index (χ2v) is 5.63. The van der Waals surface area contributed by atoms with Gasteiger partial charge in [0, 0.05) is 10.7 Å². The van der Waals surface area contributed by atoms with Crippen molar-refractivity contribution in [2.75, 3.05) is 26.1 Å². The number of methoxy groups -OCH3 is 2. The third-order valence-electron chi connectivity index (χ3n) is 3.39. The molecule has 7 heteroatoms. The number of carbonyl (C=O) groups is 2. The topological polar surface area (TPSA) is 76.7 Å². The number of hydrogen-bond donors (Lipinski definition) is 2. The fourth-order valence-corrected chi connectivity index (χ4v) is 2.28. The van der Waals surface area contributed by atoms with E-state index < -0.39 is 0 Å². The van der Waals surface area contributed by atoms with Gasteiger partial charge in [-0.25, -0.2) is 0 Å². The first-order valence-electron chi connectivity index (χ1n) is 7.55. The lowest BCUT2D eigenvalue weighted by molar-refractivity contribution is -0.123. The van der Waals surface area contributed by atoms with Crippen LogP contribution in [0, 0.1) is 0 Å². The van der Waals surface area contributed by atoms with Crippen molar-refractivity contribution in [3.63, 3.8) is 0 Å². The second kappa shape index (κ2) is 8.94. The molecule has 132 valence electrons. The number of ether oxygens (including phenoxy) is 2. The Morgan fingerprint density at radius 2 is 1.64 bits per heavy atom. The molecule has 0 radical (unpaired) electrons. The standard InChI is InChI=1S/C18H19ClN2O4/c1-24-15-8-3-12(9-16(15)25-2)10-17(22)20-11-18(23)21-14-6-4-13(19)5-7-14/h3-9H,10-11H2,1-2H3,(H,20,22)(H,21,23). The summed E-state index contributed by atoms with van der Waals surface area (Å²) < 4.78 is 10.4. The molecule has 0 fully saturated rings. The van der Waals surface area contributed by atoms with E-state index in [4.69, 9.17) is 21.1 Å². The molecule has 0 aliphatic rings. The Labute approximate surface area is 151 Å². The van der Waals surface area contributed by atoms with Crippen LogP contribution in [0.15, 0.2) is 42.5 Å². The van der Waals surface area contributed by atoms with Crippen LogP contribution in [-0.2, 0) is 16.0 Å². The summed E-state index contributed by atoms with van der Waals surface area (Å²) in [5.41, 5.74) is 1.37. The number of halogens is 1. The van der Waals surface area contributed by atoms with Gasteiger partial charge in [-0.1, -0.05) is 17.7 Å². The highest BCUT2D eigenvalue weighted by Gasteiger charge is 2.10. The maximum absolute atomic E-state index is 12.0. The molecule has 0 heterocycles. The minimum Gasteiger partial charge on any atom is -0.493 e. The predicted octanol–water partition coefficient (Wildman–Crippen LogP) is 2.65. The van der Waals surface area contributed by atoms with E-state index in [1.165, 1.54) is 7.11 Å². The van der Waals surface area contributed by atoms with Crippen molar-refractivity contribution in [3.05, 3.63) is 53.1 Å². The number of hydrogen-bond acceptors (Lipinski definition) is 4. The van der Waals surface area contributed by atoms with Crippen LogP contribution in [0.5, 0.6) is 11.5 Å². The van der Waals surface area contributed by atoms with E-state index in [1.54, 1.807) is 49.6 Å². The number of benzene rings is 2. The lowest BCUT2D eigenvalue weighted by atomic mass is 10.1. The first kappa shape index (κ1) is 18.6. The maximum atomic E-state index is 12.0. The molecule has 0 aliphatic heterocycles. The van der Waals surface area contributed by atoms with Crippen molar-refractivity contribution in [3.8, 4) is 11.5 Å². The molecule has 2 aromatic carbocycles. The number of anilines is 1. The Balaban J connectivity index is 1.84. The van der Waals surface area contributed by atoms with Gasteiger partial charge in [0.1, 0.15) is 0 Å². The highest BCUT2D eigenvalue weighted by Crippen LogP contribution is 2.27. The average Bonchev–Trinajstić information content (AvgIpc) is 2.62. The molecular weight excluding hydrogens is 344 g/mol. The number of rotatable bonds is 7. The van der Waals surface area contributed by atoms with Gasteiger partial charge >= 0.3 is 0 Å². The maximum Gasteiger partial charge on any atom is 0.243 e. The van der Waals surface area contributed by atoms with Gasteiger partial charge < -0.3 is 20.1 Å². The molecule has 0 bridgehead atoms. The number of nitrogens with one attached hydrogen (secondary N) is 2. The molecule has 0 saturated heterocycles. The molecule has 0 aromatic heterocycles. The predicted molar refractivity (Wildman–Crippen MR) is 96.3 cm³/mol. The van der Waals surface area contributed by atoms with Crippen molar-refractivity contribution in [2.24, 2.45) is 0 Å². The van der Waals surface area contributed by atoms with Gasteiger partial charge in [0.05, 0.1) is 27.2 Å². The SMILES string of the molecule is COc1ccc(CC(=O)NCC(=O)Nc2ccc(Cl)cc2)cc1OC. The van der Waals surface area contributed by atoms with E-state index in [1.807, 2.05) is 0 Å². The van der Waals surface area contributed by atoms with Crippen LogP contribution in [0.2, 0.25) is 5.02 Å². The first-order valence-corrected chi connectivity index (χ1v) is 7.92. The van der Waals surface area contributed by atoms with Crippen LogP contribution in [0.4, 0.5) is 5.69 Å². The Morgan fingerprint density at radius 1 is 0.960 bits per heavy atom. The minimum absolute atomic E-state index is 0.116. The zero-order valence-electron chi connectivity index (χ0n) is 14.0. The van der Waals surface area contributed by atoms with Crippen LogP contribution >= 0.6 is 11.6 Å². The van der Waals surface area contributed by atoms with Gasteiger partial charge in [0.25, 0.3) is 0 Å². The zero-order chi connectivity index (χ0) is 18.2. The van der Waals surface area contributed by atoms with Gasteiger partial charge in [-0.2, -0.15) is 0 Å². The summed E-state index contributed by atoms with van der Waals surface area (Å²) in [6.07, 6.45) is 0.134. The van der Waals surface area contributed by atoms with Gasteiger partial charge in [0.15, 0.2) is 11.5 Å². The van der Waals surface area contributed by atoms with Gasteiger partial charge in [-0.05, 0) is 42.0 Å². The summed E-state index contributed by atoms with van der Waals surface area (Å²) in [7, 11) is 3.08. The van der Waals surface area contributed by atoms with Crippen molar-refractivity contribution < 1.29 is 19.1 Å². The molecule has 2 rings (SSSR count). The summed E-state index contributed by atoms with van der Waals surface area (Å²) in [5, 5.41) is 5.84. The molecule has 0 aliphatic carbocycles. The summed E-state index contributed by atoms with van der Waals surface area (Å²) in [6, 6.07) is 12.0.